The topological polar surface area (TPSA) is 84.9 Å². The molecule has 0 unspecified atom stereocenters. The van der Waals surface area contributed by atoms with Gasteiger partial charge in [-0.1, -0.05) is 0 Å². The Kier molecular flexibility index (Phi) is 4.80. The first-order valence-corrected chi connectivity index (χ1v) is 6.94. The van der Waals surface area contributed by atoms with Gasteiger partial charge in [0.2, 0.25) is 0 Å². The number of anilines is 1. The van der Waals surface area contributed by atoms with Gasteiger partial charge in [-0.05, 0) is 44.9 Å². The molecule has 2 N–H and O–H groups in total. The molecule has 1 fully saturated rings. The maximum Gasteiger partial charge on any atom is 0.335 e. The van der Waals surface area contributed by atoms with Crippen molar-refractivity contribution < 1.29 is 24.2 Å². The zero-order chi connectivity index (χ0) is 15.4. The Labute approximate surface area is 123 Å². The number of rotatable bonds is 5. The van der Waals surface area contributed by atoms with Crippen LogP contribution < -0.4 is 10.1 Å². The van der Waals surface area contributed by atoms with Gasteiger partial charge in [-0.3, -0.25) is 4.79 Å². The Morgan fingerprint density at radius 2 is 2.19 bits per heavy atom. The summed E-state index contributed by atoms with van der Waals surface area (Å²) in [6.45, 7) is 4.29. The van der Waals surface area contributed by atoms with E-state index in [9.17, 15) is 9.59 Å². The fourth-order valence-corrected chi connectivity index (χ4v) is 2.12. The van der Waals surface area contributed by atoms with E-state index in [0.29, 0.717) is 24.5 Å². The lowest BCUT2D eigenvalue weighted by Crippen LogP contribution is -2.27. The highest BCUT2D eigenvalue weighted by molar-refractivity contribution is 5.97. The number of ether oxygens (including phenoxy) is 2. The number of carboxylic acid groups (broad SMARTS) is 1. The Hall–Kier alpha value is -2.08. The van der Waals surface area contributed by atoms with Crippen molar-refractivity contribution in [2.75, 3.05) is 11.9 Å². The maximum absolute atomic E-state index is 12.1. The molecule has 6 nitrogen and oxygen atoms in total. The molecule has 0 bridgehead atoms. The van der Waals surface area contributed by atoms with Crippen LogP contribution in [0.4, 0.5) is 5.69 Å². The van der Waals surface area contributed by atoms with E-state index in [0.717, 1.165) is 6.42 Å². The molecule has 1 saturated heterocycles. The van der Waals surface area contributed by atoms with E-state index >= 15 is 0 Å². The lowest BCUT2D eigenvalue weighted by molar-refractivity contribution is -0.124. The van der Waals surface area contributed by atoms with E-state index in [4.69, 9.17) is 14.6 Å². The number of benzene rings is 1. The largest absolute Gasteiger partial charge is 0.489 e. The van der Waals surface area contributed by atoms with Gasteiger partial charge in [0.05, 0.1) is 17.4 Å². The molecule has 0 saturated carbocycles. The quantitative estimate of drug-likeness (QED) is 0.870. The standard InChI is InChI=1S/C15H19NO5/c1-9(2)21-12-6-5-10(15(18)19)8-11(12)16-14(17)13-4-3-7-20-13/h5-6,8-9,13H,3-4,7H2,1-2H3,(H,16,17)(H,18,19)/t13-/m0/s1. The molecule has 1 heterocycles. The third-order valence-corrected chi connectivity index (χ3v) is 3.07. The predicted octanol–water partition coefficient (Wildman–Crippen LogP) is 2.29. The number of hydrogen-bond acceptors (Lipinski definition) is 4. The number of nitrogens with one attached hydrogen (secondary N) is 1. The van der Waals surface area contributed by atoms with Crippen LogP contribution in [0.5, 0.6) is 5.75 Å². The van der Waals surface area contributed by atoms with E-state index in [1.54, 1.807) is 6.07 Å². The molecule has 21 heavy (non-hydrogen) atoms. The number of hydrogen-bond donors (Lipinski definition) is 2. The monoisotopic (exact) mass is 293 g/mol. The van der Waals surface area contributed by atoms with Crippen molar-refractivity contribution in [3.8, 4) is 5.75 Å². The Bertz CT molecular complexity index is 535. The van der Waals surface area contributed by atoms with Crippen LogP contribution in [0.1, 0.15) is 37.0 Å². The average molecular weight is 293 g/mol. The number of carbonyl (C=O) groups excluding carboxylic acids is 1. The van der Waals surface area contributed by atoms with Crippen LogP contribution in [0.3, 0.4) is 0 Å². The fourth-order valence-electron chi connectivity index (χ4n) is 2.12. The molecule has 1 aromatic rings. The minimum absolute atomic E-state index is 0.0842. The smallest absolute Gasteiger partial charge is 0.335 e. The van der Waals surface area contributed by atoms with Crippen LogP contribution in [-0.4, -0.2) is 35.8 Å². The SMILES string of the molecule is CC(C)Oc1ccc(C(=O)O)cc1NC(=O)[C@@H]1CCCO1. The summed E-state index contributed by atoms with van der Waals surface area (Å²) in [6, 6.07) is 4.39. The summed E-state index contributed by atoms with van der Waals surface area (Å²) in [6.07, 6.45) is 0.956. The minimum atomic E-state index is -1.06. The molecule has 1 aliphatic rings. The molecule has 0 aliphatic carbocycles. The average Bonchev–Trinajstić information content (AvgIpc) is 2.93. The fraction of sp³-hybridized carbons (Fsp3) is 0.467. The summed E-state index contributed by atoms with van der Waals surface area (Å²) < 4.78 is 10.9. The van der Waals surface area contributed by atoms with Gasteiger partial charge in [-0.25, -0.2) is 4.79 Å². The van der Waals surface area contributed by atoms with Crippen LogP contribution in [0.25, 0.3) is 0 Å². The van der Waals surface area contributed by atoms with Crippen molar-refractivity contribution >= 4 is 17.6 Å². The molecule has 114 valence electrons. The van der Waals surface area contributed by atoms with Gasteiger partial charge < -0.3 is 19.9 Å². The zero-order valence-corrected chi connectivity index (χ0v) is 12.1. The van der Waals surface area contributed by atoms with Gasteiger partial charge in [0.25, 0.3) is 5.91 Å². The van der Waals surface area contributed by atoms with E-state index in [-0.39, 0.29) is 17.6 Å². The van der Waals surface area contributed by atoms with Gasteiger partial charge >= 0.3 is 5.97 Å². The van der Waals surface area contributed by atoms with Crippen molar-refractivity contribution in [2.24, 2.45) is 0 Å². The highest BCUT2D eigenvalue weighted by Crippen LogP contribution is 2.28. The number of aromatic carboxylic acids is 1. The second-order valence-electron chi connectivity index (χ2n) is 5.17. The van der Waals surface area contributed by atoms with Crippen molar-refractivity contribution in [1.29, 1.82) is 0 Å². The van der Waals surface area contributed by atoms with Gasteiger partial charge in [0, 0.05) is 6.61 Å². The summed E-state index contributed by atoms with van der Waals surface area (Å²) in [5.41, 5.74) is 0.442. The third-order valence-electron chi connectivity index (χ3n) is 3.07. The molecule has 0 radical (unpaired) electrons. The first-order chi connectivity index (χ1) is 9.97. The van der Waals surface area contributed by atoms with Gasteiger partial charge in [-0.15, -0.1) is 0 Å². The Balaban J connectivity index is 2.22. The lowest BCUT2D eigenvalue weighted by Gasteiger charge is -2.17. The summed E-state index contributed by atoms with van der Waals surface area (Å²) in [7, 11) is 0. The normalized spacial score (nSPS) is 17.8. The van der Waals surface area contributed by atoms with E-state index in [2.05, 4.69) is 5.32 Å². The lowest BCUT2D eigenvalue weighted by atomic mass is 10.1. The highest BCUT2D eigenvalue weighted by Gasteiger charge is 2.24. The second kappa shape index (κ2) is 6.58. The summed E-state index contributed by atoms with van der Waals surface area (Å²) in [4.78, 5) is 23.1. The van der Waals surface area contributed by atoms with Crippen molar-refractivity contribution in [3.63, 3.8) is 0 Å². The molecule has 1 aliphatic heterocycles. The number of carboxylic acids is 1. The number of carbonyl (C=O) groups is 2. The molecule has 2 rings (SSSR count). The van der Waals surface area contributed by atoms with Crippen LogP contribution in [-0.2, 0) is 9.53 Å². The summed E-state index contributed by atoms with van der Waals surface area (Å²) in [5.74, 6) is -0.885. The maximum atomic E-state index is 12.1. The minimum Gasteiger partial charge on any atom is -0.489 e. The Morgan fingerprint density at radius 3 is 2.76 bits per heavy atom. The van der Waals surface area contributed by atoms with Crippen molar-refractivity contribution in [3.05, 3.63) is 23.8 Å². The molecule has 0 aromatic heterocycles. The predicted molar refractivity (Wildman–Crippen MR) is 76.8 cm³/mol. The third kappa shape index (κ3) is 3.95. The number of amides is 1. The van der Waals surface area contributed by atoms with Crippen LogP contribution >= 0.6 is 0 Å². The van der Waals surface area contributed by atoms with Crippen LogP contribution in [0.15, 0.2) is 18.2 Å². The van der Waals surface area contributed by atoms with Crippen LogP contribution in [0, 0.1) is 0 Å². The second-order valence-corrected chi connectivity index (χ2v) is 5.17. The molecular formula is C15H19NO5. The highest BCUT2D eigenvalue weighted by atomic mass is 16.5. The molecular weight excluding hydrogens is 274 g/mol. The van der Waals surface area contributed by atoms with Crippen molar-refractivity contribution in [1.82, 2.24) is 0 Å². The van der Waals surface area contributed by atoms with Crippen molar-refractivity contribution in [2.45, 2.75) is 38.9 Å². The molecule has 1 amide bonds. The molecule has 6 heteroatoms. The molecule has 0 spiro atoms. The zero-order valence-electron chi connectivity index (χ0n) is 12.1. The van der Waals surface area contributed by atoms with E-state index in [1.165, 1.54) is 12.1 Å². The first kappa shape index (κ1) is 15.3. The first-order valence-electron chi connectivity index (χ1n) is 6.94. The van der Waals surface area contributed by atoms with E-state index < -0.39 is 12.1 Å². The van der Waals surface area contributed by atoms with Gasteiger partial charge in [-0.2, -0.15) is 0 Å². The van der Waals surface area contributed by atoms with Crippen LogP contribution in [0.2, 0.25) is 0 Å². The summed E-state index contributed by atoms with van der Waals surface area (Å²) >= 11 is 0. The van der Waals surface area contributed by atoms with E-state index in [1.807, 2.05) is 13.8 Å². The van der Waals surface area contributed by atoms with Gasteiger partial charge in [0.1, 0.15) is 11.9 Å². The Morgan fingerprint density at radius 1 is 1.43 bits per heavy atom. The summed E-state index contributed by atoms with van der Waals surface area (Å²) in [5, 5.41) is 11.8. The molecule has 1 atom stereocenters. The molecule has 1 aromatic carbocycles. The van der Waals surface area contributed by atoms with Gasteiger partial charge in [0.15, 0.2) is 0 Å².